The van der Waals surface area contributed by atoms with Crippen molar-refractivity contribution in [2.24, 2.45) is 0 Å². The molecule has 0 bridgehead atoms. The van der Waals surface area contributed by atoms with Gasteiger partial charge in [0.1, 0.15) is 21.5 Å². The van der Waals surface area contributed by atoms with Crippen molar-refractivity contribution in [2.75, 3.05) is 5.32 Å². The zero-order chi connectivity index (χ0) is 19.0. The molecule has 2 aromatic heterocycles. The number of carbonyl (C=O) groups excluding carboxylic acids is 1. The summed E-state index contributed by atoms with van der Waals surface area (Å²) in [5.41, 5.74) is 1.55. The lowest BCUT2D eigenvalue weighted by molar-refractivity contribution is -0.115. The molecule has 0 saturated carbocycles. The second-order valence-electron chi connectivity index (χ2n) is 6.70. The second kappa shape index (κ2) is 7.56. The fourth-order valence-electron chi connectivity index (χ4n) is 3.33. The van der Waals surface area contributed by atoms with Gasteiger partial charge < -0.3 is 5.32 Å². The first-order valence-electron chi connectivity index (χ1n) is 9.04. The summed E-state index contributed by atoms with van der Waals surface area (Å²) in [5.74, 6) is 0.0409. The molecule has 0 unspecified atom stereocenters. The summed E-state index contributed by atoms with van der Waals surface area (Å²) in [5, 5.41) is 4.23. The molecule has 2 heterocycles. The Hall–Kier alpha value is -1.99. The minimum Gasteiger partial charge on any atom is -0.323 e. The smallest absolute Gasteiger partial charge is 0.237 e. The molecule has 3 aromatic rings. The van der Waals surface area contributed by atoms with Crippen LogP contribution in [0.1, 0.15) is 36.0 Å². The minimum absolute atomic E-state index is 0.201. The number of thiophene rings is 1. The van der Waals surface area contributed by atoms with Gasteiger partial charge in [0.25, 0.3) is 0 Å². The standard InChI is InChI=1S/C20H20FN3OS2/c1-11(18(25)24-15-9-5-4-8-14(15)21)26-19-17-13-7-3-6-10-16(13)27-20(17)23-12(2)22-19/h4-5,8-9,11H,3,6-7,10H2,1-2H3,(H,24,25)/t11-/m1/s1. The number of hydrogen-bond acceptors (Lipinski definition) is 5. The fourth-order valence-corrected chi connectivity index (χ4v) is 5.72. The Labute approximate surface area is 165 Å². The van der Waals surface area contributed by atoms with E-state index in [1.54, 1.807) is 29.5 Å². The van der Waals surface area contributed by atoms with Crippen LogP contribution in [0.5, 0.6) is 0 Å². The number of amides is 1. The highest BCUT2D eigenvalue weighted by atomic mass is 32.2. The summed E-state index contributed by atoms with van der Waals surface area (Å²) < 4.78 is 13.8. The minimum atomic E-state index is -0.435. The van der Waals surface area contributed by atoms with Gasteiger partial charge in [0.2, 0.25) is 5.91 Å². The highest BCUT2D eigenvalue weighted by molar-refractivity contribution is 8.00. The van der Waals surface area contributed by atoms with Gasteiger partial charge in [-0.1, -0.05) is 23.9 Å². The maximum absolute atomic E-state index is 13.8. The van der Waals surface area contributed by atoms with Gasteiger partial charge in [0.05, 0.1) is 10.9 Å². The Balaban J connectivity index is 1.61. The van der Waals surface area contributed by atoms with Crippen LogP contribution in [-0.2, 0) is 17.6 Å². The molecule has 1 N–H and O–H groups in total. The normalized spacial score (nSPS) is 14.8. The maximum Gasteiger partial charge on any atom is 0.237 e. The van der Waals surface area contributed by atoms with E-state index in [1.807, 2.05) is 13.8 Å². The lowest BCUT2D eigenvalue weighted by atomic mass is 9.97. The lowest BCUT2D eigenvalue weighted by Crippen LogP contribution is -2.23. The number of nitrogens with one attached hydrogen (secondary N) is 1. The Bertz CT molecular complexity index is 1020. The van der Waals surface area contributed by atoms with Crippen molar-refractivity contribution in [3.8, 4) is 0 Å². The van der Waals surface area contributed by atoms with Gasteiger partial charge in [-0.2, -0.15) is 0 Å². The first kappa shape index (κ1) is 18.4. The molecule has 0 saturated heterocycles. The van der Waals surface area contributed by atoms with Crippen molar-refractivity contribution in [3.05, 3.63) is 46.3 Å². The molecule has 0 radical (unpaired) electrons. The molecule has 1 amide bonds. The van der Waals surface area contributed by atoms with Crippen LogP contribution in [0.2, 0.25) is 0 Å². The Morgan fingerprint density at radius 2 is 2.04 bits per heavy atom. The van der Waals surface area contributed by atoms with Gasteiger partial charge in [-0.25, -0.2) is 14.4 Å². The molecule has 140 valence electrons. The molecule has 4 nitrogen and oxygen atoms in total. The number of anilines is 1. The first-order valence-corrected chi connectivity index (χ1v) is 10.7. The first-order chi connectivity index (χ1) is 13.0. The molecular formula is C20H20FN3OS2. The molecule has 0 fully saturated rings. The molecule has 1 aliphatic carbocycles. The maximum atomic E-state index is 13.8. The van der Waals surface area contributed by atoms with E-state index in [1.165, 1.54) is 41.1 Å². The lowest BCUT2D eigenvalue weighted by Gasteiger charge is -2.15. The van der Waals surface area contributed by atoms with Crippen LogP contribution >= 0.6 is 23.1 Å². The number of fused-ring (bicyclic) bond motifs is 3. The molecule has 0 aliphatic heterocycles. The number of thioether (sulfide) groups is 1. The van der Waals surface area contributed by atoms with Crippen molar-refractivity contribution in [1.29, 1.82) is 0 Å². The van der Waals surface area contributed by atoms with E-state index in [0.717, 1.165) is 28.1 Å². The number of carbonyl (C=O) groups is 1. The topological polar surface area (TPSA) is 54.9 Å². The Kier molecular flexibility index (Phi) is 5.14. The molecule has 1 aliphatic rings. The Morgan fingerprint density at radius 3 is 2.85 bits per heavy atom. The number of aromatic nitrogens is 2. The average molecular weight is 402 g/mol. The van der Waals surface area contributed by atoms with E-state index in [2.05, 4.69) is 15.3 Å². The van der Waals surface area contributed by atoms with Crippen LogP contribution in [0.4, 0.5) is 10.1 Å². The molecule has 1 aromatic carbocycles. The van der Waals surface area contributed by atoms with E-state index in [4.69, 9.17) is 0 Å². The zero-order valence-corrected chi connectivity index (χ0v) is 16.8. The van der Waals surface area contributed by atoms with Crippen LogP contribution in [-0.4, -0.2) is 21.1 Å². The van der Waals surface area contributed by atoms with Crippen LogP contribution in [0.15, 0.2) is 29.3 Å². The third-order valence-corrected chi connectivity index (χ3v) is 6.95. The molecule has 4 rings (SSSR count). The monoisotopic (exact) mass is 401 g/mol. The summed E-state index contributed by atoms with van der Waals surface area (Å²) in [6.07, 6.45) is 4.55. The average Bonchev–Trinajstić information content (AvgIpc) is 3.01. The van der Waals surface area contributed by atoms with E-state index in [-0.39, 0.29) is 11.6 Å². The third kappa shape index (κ3) is 3.71. The van der Waals surface area contributed by atoms with E-state index in [9.17, 15) is 9.18 Å². The zero-order valence-electron chi connectivity index (χ0n) is 15.2. The SMILES string of the molecule is Cc1nc(S[C@H](C)C(=O)Nc2ccccc2F)c2c3c(sc2n1)CCCC3. The Morgan fingerprint density at radius 1 is 1.26 bits per heavy atom. The van der Waals surface area contributed by atoms with E-state index >= 15 is 0 Å². The van der Waals surface area contributed by atoms with Crippen LogP contribution < -0.4 is 5.32 Å². The van der Waals surface area contributed by atoms with Crippen LogP contribution in [0.3, 0.4) is 0 Å². The van der Waals surface area contributed by atoms with Crippen molar-refractivity contribution in [2.45, 2.75) is 49.8 Å². The highest BCUT2D eigenvalue weighted by Crippen LogP contribution is 2.40. The summed E-state index contributed by atoms with van der Waals surface area (Å²) in [6, 6.07) is 6.20. The van der Waals surface area contributed by atoms with Crippen molar-refractivity contribution < 1.29 is 9.18 Å². The summed E-state index contributed by atoms with van der Waals surface area (Å²) in [6.45, 7) is 3.70. The summed E-state index contributed by atoms with van der Waals surface area (Å²) in [4.78, 5) is 24.2. The summed E-state index contributed by atoms with van der Waals surface area (Å²) in [7, 11) is 0. The van der Waals surface area contributed by atoms with Crippen molar-refractivity contribution in [1.82, 2.24) is 9.97 Å². The second-order valence-corrected chi connectivity index (χ2v) is 9.11. The van der Waals surface area contributed by atoms with Crippen molar-refractivity contribution in [3.63, 3.8) is 0 Å². The molecule has 7 heteroatoms. The highest BCUT2D eigenvalue weighted by Gasteiger charge is 2.24. The molecule has 1 atom stereocenters. The van der Waals surface area contributed by atoms with E-state index < -0.39 is 11.1 Å². The van der Waals surface area contributed by atoms with Gasteiger partial charge in [-0.15, -0.1) is 11.3 Å². The quantitative estimate of drug-likeness (QED) is 0.486. The molecular weight excluding hydrogens is 381 g/mol. The number of halogens is 1. The molecule has 0 spiro atoms. The van der Waals surface area contributed by atoms with Crippen LogP contribution in [0.25, 0.3) is 10.2 Å². The predicted molar refractivity (Wildman–Crippen MR) is 109 cm³/mol. The van der Waals surface area contributed by atoms with E-state index in [0.29, 0.717) is 5.82 Å². The van der Waals surface area contributed by atoms with Gasteiger partial charge >= 0.3 is 0 Å². The van der Waals surface area contributed by atoms with Crippen LogP contribution in [0, 0.1) is 12.7 Å². The summed E-state index contributed by atoms with van der Waals surface area (Å²) >= 11 is 3.17. The number of benzene rings is 1. The predicted octanol–water partition coefficient (Wildman–Crippen LogP) is 5.14. The van der Waals surface area contributed by atoms with Gasteiger partial charge in [0, 0.05) is 10.3 Å². The van der Waals surface area contributed by atoms with Crippen molar-refractivity contribution >= 4 is 44.9 Å². The number of para-hydroxylation sites is 1. The van der Waals surface area contributed by atoms with Gasteiger partial charge in [-0.05, 0) is 57.2 Å². The van der Waals surface area contributed by atoms with Gasteiger partial charge in [-0.3, -0.25) is 4.79 Å². The largest absolute Gasteiger partial charge is 0.323 e. The number of rotatable bonds is 4. The number of aryl methyl sites for hydroxylation is 3. The molecule has 27 heavy (non-hydrogen) atoms. The third-order valence-electron chi connectivity index (χ3n) is 4.68. The number of nitrogens with zero attached hydrogens (tertiary/aromatic N) is 2. The fraction of sp³-hybridized carbons (Fsp3) is 0.350. The number of hydrogen-bond donors (Lipinski definition) is 1. The van der Waals surface area contributed by atoms with Gasteiger partial charge in [0.15, 0.2) is 0 Å².